The highest BCUT2D eigenvalue weighted by atomic mass is 32.2. The van der Waals surface area contributed by atoms with E-state index in [2.05, 4.69) is 4.99 Å². The molecule has 0 amide bonds. The summed E-state index contributed by atoms with van der Waals surface area (Å²) in [5.74, 6) is 1.80. The Balaban J connectivity index is 1.94. The number of nitrogens with zero attached hydrogens (tertiary/aromatic N) is 3. The summed E-state index contributed by atoms with van der Waals surface area (Å²) in [5, 5.41) is 11.8. The van der Waals surface area contributed by atoms with Gasteiger partial charge in [0.15, 0.2) is 22.4 Å². The highest BCUT2D eigenvalue weighted by Gasteiger charge is 2.22. The normalized spacial score (nSPS) is 13.4. The minimum atomic E-state index is -0.510. The van der Waals surface area contributed by atoms with Crippen LogP contribution in [-0.4, -0.2) is 48.9 Å². The van der Waals surface area contributed by atoms with Crippen LogP contribution in [-0.2, 0) is 0 Å². The summed E-state index contributed by atoms with van der Waals surface area (Å²) in [6.45, 7) is 0.694. The first-order chi connectivity index (χ1) is 14.0. The Hall–Kier alpha value is -3.07. The molecule has 1 heterocycles. The highest BCUT2D eigenvalue weighted by molar-refractivity contribution is 8.14. The monoisotopic (exact) mass is 415 g/mol. The molecule has 1 aliphatic rings. The number of nitro benzene ring substituents is 1. The van der Waals surface area contributed by atoms with Gasteiger partial charge in [0.2, 0.25) is 0 Å². The second kappa shape index (κ2) is 9.42. The Morgan fingerprint density at radius 2 is 2.00 bits per heavy atom. The van der Waals surface area contributed by atoms with E-state index in [0.717, 1.165) is 23.0 Å². The number of methoxy groups -OCH3 is 2. The number of rotatable bonds is 7. The van der Waals surface area contributed by atoms with Gasteiger partial charge in [-0.2, -0.15) is 0 Å². The first-order valence-electron chi connectivity index (χ1n) is 8.98. The van der Waals surface area contributed by atoms with E-state index in [1.165, 1.54) is 18.2 Å². The summed E-state index contributed by atoms with van der Waals surface area (Å²) in [7, 11) is 3.11. The zero-order valence-electron chi connectivity index (χ0n) is 16.2. The summed E-state index contributed by atoms with van der Waals surface area (Å²) < 4.78 is 10.7. The first kappa shape index (κ1) is 20.7. The van der Waals surface area contributed by atoms with E-state index in [1.807, 2.05) is 11.0 Å². The second-order valence-corrected chi connectivity index (χ2v) is 7.28. The van der Waals surface area contributed by atoms with Gasteiger partial charge >= 0.3 is 0 Å². The molecule has 0 aliphatic carbocycles. The van der Waals surface area contributed by atoms with Crippen molar-refractivity contribution in [3.63, 3.8) is 0 Å². The van der Waals surface area contributed by atoms with Crippen molar-refractivity contribution < 1.29 is 19.2 Å². The molecule has 0 spiro atoms. The molecule has 0 saturated carbocycles. The summed E-state index contributed by atoms with van der Waals surface area (Å²) in [5.41, 5.74) is 0.901. The van der Waals surface area contributed by atoms with Crippen LogP contribution in [0, 0.1) is 10.1 Å². The first-order valence-corrected chi connectivity index (χ1v) is 9.96. The molecule has 0 aromatic heterocycles. The van der Waals surface area contributed by atoms with E-state index in [4.69, 9.17) is 9.47 Å². The van der Waals surface area contributed by atoms with Crippen molar-refractivity contribution in [2.24, 2.45) is 4.99 Å². The molecule has 2 aromatic carbocycles. The molecule has 3 rings (SSSR count). The molecule has 0 bridgehead atoms. The summed E-state index contributed by atoms with van der Waals surface area (Å²) >= 11 is 1.58. The molecule has 8 nitrogen and oxygen atoms in total. The fourth-order valence-electron chi connectivity index (χ4n) is 2.90. The number of hydrogen-bond donors (Lipinski definition) is 0. The van der Waals surface area contributed by atoms with Crippen LogP contribution in [0.3, 0.4) is 0 Å². The topological polar surface area (TPSA) is 94.3 Å². The number of carbonyl (C=O) groups is 1. The zero-order chi connectivity index (χ0) is 20.8. The van der Waals surface area contributed by atoms with E-state index in [0.29, 0.717) is 18.0 Å². The number of anilines is 1. The average molecular weight is 415 g/mol. The third-order valence-electron chi connectivity index (χ3n) is 4.37. The number of benzene rings is 2. The maximum absolute atomic E-state index is 12.9. The van der Waals surface area contributed by atoms with Crippen LogP contribution in [0.15, 0.2) is 47.5 Å². The maximum Gasteiger partial charge on any atom is 0.270 e. The number of nitro groups is 1. The standard InChI is InChI=1S/C20H21N3O5S/c1-27-18-8-7-15(12-19(18)28-2)22(20-21-9-4-10-29-20)13-17(24)14-5-3-6-16(11-14)23(25)26/h3,5-8,11-12H,4,9-10,13H2,1-2H3. The third kappa shape index (κ3) is 4.86. The fourth-order valence-corrected chi connectivity index (χ4v) is 3.87. The Kier molecular flexibility index (Phi) is 6.71. The smallest absolute Gasteiger partial charge is 0.270 e. The lowest BCUT2D eigenvalue weighted by Gasteiger charge is -2.27. The second-order valence-electron chi connectivity index (χ2n) is 6.22. The van der Waals surface area contributed by atoms with Gasteiger partial charge in [-0.25, -0.2) is 0 Å². The van der Waals surface area contributed by atoms with Gasteiger partial charge in [0, 0.05) is 41.7 Å². The number of non-ortho nitro benzene ring substituents is 1. The van der Waals surface area contributed by atoms with Crippen molar-refractivity contribution in [2.45, 2.75) is 6.42 Å². The third-order valence-corrected chi connectivity index (χ3v) is 5.47. The van der Waals surface area contributed by atoms with Crippen molar-refractivity contribution in [3.05, 3.63) is 58.1 Å². The fraction of sp³-hybridized carbons (Fsp3) is 0.300. The molecule has 0 atom stereocenters. The van der Waals surface area contributed by atoms with E-state index in [-0.39, 0.29) is 23.6 Å². The predicted molar refractivity (Wildman–Crippen MR) is 114 cm³/mol. The maximum atomic E-state index is 12.9. The van der Waals surface area contributed by atoms with Crippen LogP contribution in [0.1, 0.15) is 16.8 Å². The number of ether oxygens (including phenoxy) is 2. The Morgan fingerprint density at radius 1 is 1.21 bits per heavy atom. The van der Waals surface area contributed by atoms with Crippen LogP contribution in [0.4, 0.5) is 11.4 Å². The van der Waals surface area contributed by atoms with Gasteiger partial charge in [0.05, 0.1) is 25.7 Å². The van der Waals surface area contributed by atoms with Gasteiger partial charge in [-0.15, -0.1) is 0 Å². The van der Waals surface area contributed by atoms with Gasteiger partial charge in [-0.1, -0.05) is 23.9 Å². The molecule has 152 valence electrons. The predicted octanol–water partition coefficient (Wildman–Crippen LogP) is 3.79. The summed E-state index contributed by atoms with van der Waals surface area (Å²) in [4.78, 5) is 29.8. The minimum Gasteiger partial charge on any atom is -0.493 e. The lowest BCUT2D eigenvalue weighted by molar-refractivity contribution is -0.384. The number of aliphatic imine (C=N–C) groups is 1. The molecule has 29 heavy (non-hydrogen) atoms. The van der Waals surface area contributed by atoms with Crippen molar-refractivity contribution in [1.82, 2.24) is 0 Å². The van der Waals surface area contributed by atoms with Crippen molar-refractivity contribution >= 4 is 34.1 Å². The summed E-state index contributed by atoms with van der Waals surface area (Å²) in [6.07, 6.45) is 0.979. The number of carbonyl (C=O) groups excluding carboxylic acids is 1. The Labute approximate surface area is 172 Å². The average Bonchev–Trinajstić information content (AvgIpc) is 2.77. The number of thioether (sulfide) groups is 1. The van der Waals surface area contributed by atoms with Crippen LogP contribution in [0.5, 0.6) is 11.5 Å². The largest absolute Gasteiger partial charge is 0.493 e. The molecule has 0 N–H and O–H groups in total. The molecular weight excluding hydrogens is 394 g/mol. The number of amidine groups is 1. The molecule has 0 unspecified atom stereocenters. The Bertz CT molecular complexity index is 947. The summed E-state index contributed by atoms with van der Waals surface area (Å²) in [6, 6.07) is 11.1. The lowest BCUT2D eigenvalue weighted by atomic mass is 10.1. The van der Waals surface area contributed by atoms with E-state index in [1.54, 1.807) is 44.2 Å². The van der Waals surface area contributed by atoms with Crippen molar-refractivity contribution in [2.75, 3.05) is 38.0 Å². The van der Waals surface area contributed by atoms with Crippen LogP contribution in [0.25, 0.3) is 0 Å². The van der Waals surface area contributed by atoms with Crippen LogP contribution >= 0.6 is 11.8 Å². The zero-order valence-corrected chi connectivity index (χ0v) is 17.0. The van der Waals surface area contributed by atoms with Gasteiger partial charge in [0.1, 0.15) is 0 Å². The minimum absolute atomic E-state index is 0.00246. The quantitative estimate of drug-likeness (QED) is 0.386. The SMILES string of the molecule is COc1ccc(N(CC(=O)c2cccc([N+](=O)[O-])c2)C2=NCCCS2)cc1OC. The molecule has 9 heteroatoms. The number of hydrogen-bond acceptors (Lipinski definition) is 8. The van der Waals surface area contributed by atoms with Crippen molar-refractivity contribution in [1.29, 1.82) is 0 Å². The Morgan fingerprint density at radius 3 is 2.66 bits per heavy atom. The highest BCUT2D eigenvalue weighted by Crippen LogP contribution is 2.33. The van der Waals surface area contributed by atoms with Gasteiger partial charge in [0.25, 0.3) is 5.69 Å². The molecule has 0 fully saturated rings. The van der Waals surface area contributed by atoms with Gasteiger partial charge in [-0.05, 0) is 18.6 Å². The van der Waals surface area contributed by atoms with Gasteiger partial charge in [-0.3, -0.25) is 19.9 Å². The van der Waals surface area contributed by atoms with Crippen molar-refractivity contribution in [3.8, 4) is 11.5 Å². The van der Waals surface area contributed by atoms with Crippen LogP contribution in [0.2, 0.25) is 0 Å². The molecule has 0 radical (unpaired) electrons. The van der Waals surface area contributed by atoms with Crippen LogP contribution < -0.4 is 14.4 Å². The lowest BCUT2D eigenvalue weighted by Crippen LogP contribution is -2.35. The van der Waals surface area contributed by atoms with E-state index in [9.17, 15) is 14.9 Å². The number of ketones is 1. The molecule has 2 aromatic rings. The molecule has 0 saturated heterocycles. The van der Waals surface area contributed by atoms with E-state index >= 15 is 0 Å². The van der Waals surface area contributed by atoms with Gasteiger partial charge < -0.3 is 14.4 Å². The molecular formula is C20H21N3O5S. The molecule has 1 aliphatic heterocycles. The number of Topliss-reactive ketones (excluding diaryl/α,β-unsaturated/α-hetero) is 1. The van der Waals surface area contributed by atoms with E-state index < -0.39 is 4.92 Å².